The minimum absolute atomic E-state index is 0.0435. The molecule has 0 spiro atoms. The van der Waals surface area contributed by atoms with Gasteiger partial charge < -0.3 is 11.1 Å². The summed E-state index contributed by atoms with van der Waals surface area (Å²) in [6.07, 6.45) is 1.09. The molecule has 3 N–H and O–H groups in total. The van der Waals surface area contributed by atoms with Crippen LogP contribution >= 0.6 is 11.6 Å². The zero-order valence-electron chi connectivity index (χ0n) is 11.3. The molecule has 0 heterocycles. The molecule has 20 heavy (non-hydrogen) atoms. The van der Waals surface area contributed by atoms with Crippen LogP contribution in [-0.2, 0) is 11.2 Å². The van der Waals surface area contributed by atoms with Crippen molar-refractivity contribution in [2.75, 3.05) is 11.1 Å². The highest BCUT2D eigenvalue weighted by molar-refractivity contribution is 6.33. The monoisotopic (exact) mass is 288 g/mol. The van der Waals surface area contributed by atoms with Crippen molar-refractivity contribution < 1.29 is 4.79 Å². The van der Waals surface area contributed by atoms with Crippen LogP contribution in [0.4, 0.5) is 11.4 Å². The van der Waals surface area contributed by atoms with Crippen molar-refractivity contribution in [1.82, 2.24) is 0 Å². The van der Waals surface area contributed by atoms with Gasteiger partial charge in [-0.2, -0.15) is 0 Å². The van der Waals surface area contributed by atoms with E-state index in [-0.39, 0.29) is 5.91 Å². The number of amides is 1. The number of nitrogens with one attached hydrogen (secondary N) is 1. The molecule has 0 aromatic heterocycles. The van der Waals surface area contributed by atoms with E-state index in [1.807, 2.05) is 43.3 Å². The summed E-state index contributed by atoms with van der Waals surface area (Å²) in [6, 6.07) is 13.1. The Morgan fingerprint density at radius 3 is 2.55 bits per heavy atom. The first kappa shape index (κ1) is 14.4. The van der Waals surface area contributed by atoms with E-state index in [0.29, 0.717) is 23.6 Å². The molecule has 0 saturated carbocycles. The van der Waals surface area contributed by atoms with E-state index < -0.39 is 0 Å². The van der Waals surface area contributed by atoms with Crippen LogP contribution < -0.4 is 11.1 Å². The summed E-state index contributed by atoms with van der Waals surface area (Å²) < 4.78 is 0. The quantitative estimate of drug-likeness (QED) is 0.841. The largest absolute Gasteiger partial charge is 0.399 e. The van der Waals surface area contributed by atoms with Gasteiger partial charge in [0.15, 0.2) is 0 Å². The topological polar surface area (TPSA) is 55.1 Å². The second-order valence-corrected chi connectivity index (χ2v) is 5.13. The Labute approximate surface area is 123 Å². The molecule has 0 aliphatic rings. The first-order valence-corrected chi connectivity index (χ1v) is 6.83. The van der Waals surface area contributed by atoms with E-state index in [0.717, 1.165) is 16.8 Å². The summed E-state index contributed by atoms with van der Waals surface area (Å²) in [7, 11) is 0. The van der Waals surface area contributed by atoms with Crippen molar-refractivity contribution in [3.8, 4) is 0 Å². The van der Waals surface area contributed by atoms with Crippen LogP contribution in [0.2, 0.25) is 5.02 Å². The first-order valence-electron chi connectivity index (χ1n) is 6.45. The van der Waals surface area contributed by atoms with Crippen molar-refractivity contribution >= 4 is 28.9 Å². The number of carbonyl (C=O) groups is 1. The summed E-state index contributed by atoms with van der Waals surface area (Å²) in [4.78, 5) is 12.0. The van der Waals surface area contributed by atoms with Crippen LogP contribution in [0.5, 0.6) is 0 Å². The number of rotatable bonds is 4. The molecule has 3 nitrogen and oxygen atoms in total. The lowest BCUT2D eigenvalue weighted by atomic mass is 10.1. The van der Waals surface area contributed by atoms with Gasteiger partial charge in [0.25, 0.3) is 0 Å². The number of carbonyl (C=O) groups excluding carboxylic acids is 1. The van der Waals surface area contributed by atoms with Crippen LogP contribution in [0.25, 0.3) is 0 Å². The minimum atomic E-state index is -0.0435. The van der Waals surface area contributed by atoms with Crippen LogP contribution in [-0.4, -0.2) is 5.91 Å². The molecular weight excluding hydrogens is 272 g/mol. The zero-order valence-corrected chi connectivity index (χ0v) is 12.1. The third-order valence-electron chi connectivity index (χ3n) is 3.11. The molecule has 0 aliphatic carbocycles. The number of halogens is 1. The number of hydrogen-bond donors (Lipinski definition) is 2. The Kier molecular flexibility index (Phi) is 4.64. The zero-order chi connectivity index (χ0) is 14.5. The van der Waals surface area contributed by atoms with E-state index >= 15 is 0 Å². The smallest absolute Gasteiger partial charge is 0.224 e. The fraction of sp³-hybridized carbons (Fsp3) is 0.188. The lowest BCUT2D eigenvalue weighted by Gasteiger charge is -2.10. The molecule has 0 unspecified atom stereocenters. The van der Waals surface area contributed by atoms with Gasteiger partial charge >= 0.3 is 0 Å². The van der Waals surface area contributed by atoms with Crippen molar-refractivity contribution in [2.45, 2.75) is 19.8 Å². The Morgan fingerprint density at radius 2 is 1.90 bits per heavy atom. The second-order valence-electron chi connectivity index (χ2n) is 4.72. The van der Waals surface area contributed by atoms with Gasteiger partial charge in [-0.3, -0.25) is 4.79 Å². The molecule has 0 saturated heterocycles. The predicted molar refractivity (Wildman–Crippen MR) is 84.0 cm³/mol. The van der Waals surface area contributed by atoms with Gasteiger partial charge in [-0.15, -0.1) is 0 Å². The number of anilines is 2. The number of hydrogen-bond acceptors (Lipinski definition) is 2. The Bertz CT molecular complexity index is 588. The highest BCUT2D eigenvalue weighted by atomic mass is 35.5. The summed E-state index contributed by atoms with van der Waals surface area (Å²) in [6.45, 7) is 1.92. The number of nitrogens with two attached hydrogens (primary N) is 1. The van der Waals surface area contributed by atoms with E-state index in [1.165, 1.54) is 0 Å². The van der Waals surface area contributed by atoms with Crippen molar-refractivity contribution in [3.63, 3.8) is 0 Å². The van der Waals surface area contributed by atoms with Gasteiger partial charge in [-0.1, -0.05) is 35.9 Å². The standard InChI is InChI=1S/C16H17ClN2O/c1-11-3-2-4-14(17)16(11)19-15(20)10-7-12-5-8-13(18)9-6-12/h2-6,8-9H,7,10,18H2,1H3,(H,19,20). The number of benzene rings is 2. The van der Waals surface area contributed by atoms with E-state index in [1.54, 1.807) is 6.07 Å². The SMILES string of the molecule is Cc1cccc(Cl)c1NC(=O)CCc1ccc(N)cc1. The lowest BCUT2D eigenvalue weighted by Crippen LogP contribution is -2.13. The van der Waals surface area contributed by atoms with E-state index in [2.05, 4.69) is 5.32 Å². The van der Waals surface area contributed by atoms with Crippen LogP contribution in [0.3, 0.4) is 0 Å². The maximum atomic E-state index is 12.0. The molecule has 0 radical (unpaired) electrons. The molecule has 0 aliphatic heterocycles. The van der Waals surface area contributed by atoms with Crippen LogP contribution in [0.15, 0.2) is 42.5 Å². The molecule has 2 aromatic rings. The number of aryl methyl sites for hydroxylation is 2. The minimum Gasteiger partial charge on any atom is -0.399 e. The van der Waals surface area contributed by atoms with Gasteiger partial charge in [-0.25, -0.2) is 0 Å². The van der Waals surface area contributed by atoms with Gasteiger partial charge in [0.1, 0.15) is 0 Å². The molecule has 1 amide bonds. The Balaban J connectivity index is 1.94. The van der Waals surface area contributed by atoms with E-state index in [4.69, 9.17) is 17.3 Å². The molecule has 0 atom stereocenters. The normalized spacial score (nSPS) is 10.3. The molecule has 4 heteroatoms. The molecule has 0 fully saturated rings. The Morgan fingerprint density at radius 1 is 1.20 bits per heavy atom. The third-order valence-corrected chi connectivity index (χ3v) is 3.42. The highest BCUT2D eigenvalue weighted by Crippen LogP contribution is 2.25. The van der Waals surface area contributed by atoms with Crippen LogP contribution in [0, 0.1) is 6.92 Å². The summed E-state index contributed by atoms with van der Waals surface area (Å²) >= 11 is 6.08. The summed E-state index contributed by atoms with van der Waals surface area (Å²) in [5, 5.41) is 3.43. The second kappa shape index (κ2) is 6.44. The molecule has 2 rings (SSSR count). The highest BCUT2D eigenvalue weighted by Gasteiger charge is 2.08. The van der Waals surface area contributed by atoms with Gasteiger partial charge in [0.2, 0.25) is 5.91 Å². The molecule has 104 valence electrons. The maximum absolute atomic E-state index is 12.0. The van der Waals surface area contributed by atoms with Crippen LogP contribution in [0.1, 0.15) is 17.5 Å². The average Bonchev–Trinajstić information content (AvgIpc) is 2.42. The Hall–Kier alpha value is -2.00. The fourth-order valence-electron chi connectivity index (χ4n) is 1.93. The predicted octanol–water partition coefficient (Wildman–Crippen LogP) is 3.80. The summed E-state index contributed by atoms with van der Waals surface area (Å²) in [5.41, 5.74) is 9.09. The molecular formula is C16H17ClN2O. The van der Waals surface area contributed by atoms with Gasteiger partial charge in [0.05, 0.1) is 10.7 Å². The average molecular weight is 289 g/mol. The molecule has 0 bridgehead atoms. The maximum Gasteiger partial charge on any atom is 0.224 e. The lowest BCUT2D eigenvalue weighted by molar-refractivity contribution is -0.116. The molecule has 2 aromatic carbocycles. The van der Waals surface area contributed by atoms with Crippen molar-refractivity contribution in [2.24, 2.45) is 0 Å². The van der Waals surface area contributed by atoms with Gasteiger partial charge in [-0.05, 0) is 42.7 Å². The van der Waals surface area contributed by atoms with Crippen molar-refractivity contribution in [3.05, 3.63) is 58.6 Å². The van der Waals surface area contributed by atoms with Crippen molar-refractivity contribution in [1.29, 1.82) is 0 Å². The number of nitrogen functional groups attached to an aromatic ring is 1. The fourth-order valence-corrected chi connectivity index (χ4v) is 2.20. The summed E-state index contributed by atoms with van der Waals surface area (Å²) in [5.74, 6) is -0.0435. The van der Waals surface area contributed by atoms with E-state index in [9.17, 15) is 4.79 Å². The van der Waals surface area contributed by atoms with Gasteiger partial charge in [0, 0.05) is 12.1 Å². The third kappa shape index (κ3) is 3.75. The first-order chi connectivity index (χ1) is 9.56. The number of para-hydroxylation sites is 1.